The van der Waals surface area contributed by atoms with Crippen molar-refractivity contribution in [1.82, 2.24) is 10.3 Å². The molecular formula is C11H16BrN3O. The number of carbonyl (C=O) groups is 1. The van der Waals surface area contributed by atoms with Gasteiger partial charge in [0, 0.05) is 5.54 Å². The predicted octanol–water partition coefficient (Wildman–Crippen LogP) is 3.07. The van der Waals surface area contributed by atoms with Gasteiger partial charge in [-0.05, 0) is 55.3 Å². The van der Waals surface area contributed by atoms with E-state index in [1.165, 1.54) is 0 Å². The van der Waals surface area contributed by atoms with Crippen LogP contribution in [-0.2, 0) is 0 Å². The summed E-state index contributed by atoms with van der Waals surface area (Å²) in [5, 5.41) is 5.47. The molecule has 0 aromatic carbocycles. The van der Waals surface area contributed by atoms with Gasteiger partial charge in [-0.3, -0.25) is 5.32 Å². The van der Waals surface area contributed by atoms with E-state index in [9.17, 15) is 4.79 Å². The molecule has 16 heavy (non-hydrogen) atoms. The second kappa shape index (κ2) is 4.82. The number of amides is 2. The molecule has 2 N–H and O–H groups in total. The molecule has 0 fully saturated rings. The molecule has 0 spiro atoms. The van der Waals surface area contributed by atoms with Gasteiger partial charge in [-0.2, -0.15) is 0 Å². The molecule has 0 bridgehead atoms. The second-order valence-electron chi connectivity index (χ2n) is 4.63. The van der Waals surface area contributed by atoms with Crippen LogP contribution < -0.4 is 10.6 Å². The van der Waals surface area contributed by atoms with Gasteiger partial charge in [-0.15, -0.1) is 0 Å². The molecule has 1 heterocycles. The van der Waals surface area contributed by atoms with Crippen LogP contribution in [0.1, 0.15) is 26.3 Å². The molecule has 1 aromatic rings. The monoisotopic (exact) mass is 285 g/mol. The fourth-order valence-corrected chi connectivity index (χ4v) is 1.38. The number of hydrogen-bond acceptors (Lipinski definition) is 2. The Labute approximate surface area is 104 Å². The molecule has 0 aliphatic carbocycles. The van der Waals surface area contributed by atoms with E-state index in [0.29, 0.717) is 5.82 Å². The maximum atomic E-state index is 11.5. The number of pyridine rings is 1. The third-order valence-electron chi connectivity index (χ3n) is 1.77. The third-order valence-corrected chi connectivity index (χ3v) is 2.57. The van der Waals surface area contributed by atoms with Crippen molar-refractivity contribution in [2.75, 3.05) is 5.32 Å². The molecule has 0 aliphatic heterocycles. The van der Waals surface area contributed by atoms with Crippen molar-refractivity contribution < 1.29 is 4.79 Å². The quantitative estimate of drug-likeness (QED) is 0.779. The van der Waals surface area contributed by atoms with Gasteiger partial charge >= 0.3 is 6.03 Å². The Morgan fingerprint density at radius 3 is 2.50 bits per heavy atom. The Hall–Kier alpha value is -1.10. The van der Waals surface area contributed by atoms with Crippen LogP contribution in [0.15, 0.2) is 16.7 Å². The van der Waals surface area contributed by atoms with Crippen LogP contribution in [-0.4, -0.2) is 16.6 Å². The average Bonchev–Trinajstić information content (AvgIpc) is 2.08. The van der Waals surface area contributed by atoms with Gasteiger partial charge in [0.2, 0.25) is 0 Å². The zero-order valence-electron chi connectivity index (χ0n) is 9.89. The number of carbonyl (C=O) groups excluding carboxylic acids is 1. The highest BCUT2D eigenvalue weighted by molar-refractivity contribution is 9.10. The van der Waals surface area contributed by atoms with Crippen molar-refractivity contribution in [3.8, 4) is 0 Å². The van der Waals surface area contributed by atoms with E-state index >= 15 is 0 Å². The van der Waals surface area contributed by atoms with E-state index in [-0.39, 0.29) is 11.6 Å². The summed E-state index contributed by atoms with van der Waals surface area (Å²) in [6.45, 7) is 7.71. The predicted molar refractivity (Wildman–Crippen MR) is 68.6 cm³/mol. The molecule has 0 unspecified atom stereocenters. The fourth-order valence-electron chi connectivity index (χ4n) is 1.06. The molecular weight excluding hydrogens is 270 g/mol. The Balaban J connectivity index is 2.67. The van der Waals surface area contributed by atoms with Crippen molar-refractivity contribution in [2.45, 2.75) is 33.2 Å². The summed E-state index contributed by atoms with van der Waals surface area (Å²) in [5.74, 6) is 0.527. The van der Waals surface area contributed by atoms with Gasteiger partial charge in [-0.25, -0.2) is 9.78 Å². The first kappa shape index (κ1) is 13.0. The Kier molecular flexibility index (Phi) is 3.91. The number of nitrogens with zero attached hydrogens (tertiary/aromatic N) is 1. The van der Waals surface area contributed by atoms with Crippen molar-refractivity contribution in [2.24, 2.45) is 0 Å². The largest absolute Gasteiger partial charge is 0.333 e. The zero-order valence-corrected chi connectivity index (χ0v) is 11.5. The number of nitrogens with one attached hydrogen (secondary N) is 2. The van der Waals surface area contributed by atoms with Crippen molar-refractivity contribution >= 4 is 27.8 Å². The second-order valence-corrected chi connectivity index (χ2v) is 5.38. The summed E-state index contributed by atoms with van der Waals surface area (Å²) >= 11 is 3.31. The molecule has 2 amide bonds. The summed E-state index contributed by atoms with van der Waals surface area (Å²) in [6.07, 6.45) is 0. The SMILES string of the molecule is Cc1ccc(NC(=O)NC(C)(C)C)nc1Br. The van der Waals surface area contributed by atoms with Crippen LogP contribution in [0.5, 0.6) is 0 Å². The van der Waals surface area contributed by atoms with Crippen LogP contribution in [0.25, 0.3) is 0 Å². The van der Waals surface area contributed by atoms with Crippen molar-refractivity contribution in [3.63, 3.8) is 0 Å². The first-order chi connectivity index (χ1) is 7.28. The van der Waals surface area contributed by atoms with Crippen molar-refractivity contribution in [3.05, 3.63) is 22.3 Å². The lowest BCUT2D eigenvalue weighted by atomic mass is 10.1. The number of aromatic nitrogens is 1. The lowest BCUT2D eigenvalue weighted by Crippen LogP contribution is -2.43. The third kappa shape index (κ3) is 4.18. The van der Waals surface area contributed by atoms with Crippen LogP contribution in [0, 0.1) is 6.92 Å². The maximum absolute atomic E-state index is 11.5. The zero-order chi connectivity index (χ0) is 12.3. The van der Waals surface area contributed by atoms with Crippen LogP contribution in [0.2, 0.25) is 0 Å². The number of halogens is 1. The molecule has 0 aliphatic rings. The topological polar surface area (TPSA) is 54.0 Å². The van der Waals surface area contributed by atoms with E-state index < -0.39 is 0 Å². The molecule has 5 heteroatoms. The first-order valence-electron chi connectivity index (χ1n) is 5.00. The highest BCUT2D eigenvalue weighted by atomic mass is 79.9. The molecule has 0 saturated carbocycles. The molecule has 88 valence electrons. The minimum Gasteiger partial charge on any atom is -0.333 e. The Bertz CT molecular complexity index is 399. The highest BCUT2D eigenvalue weighted by Crippen LogP contribution is 2.15. The normalized spacial score (nSPS) is 11.1. The van der Waals surface area contributed by atoms with Gasteiger partial charge in [-0.1, -0.05) is 6.07 Å². The number of rotatable bonds is 1. The Morgan fingerprint density at radius 1 is 1.38 bits per heavy atom. The van der Waals surface area contributed by atoms with Crippen LogP contribution in [0.4, 0.5) is 10.6 Å². The number of anilines is 1. The first-order valence-corrected chi connectivity index (χ1v) is 5.79. The van der Waals surface area contributed by atoms with E-state index in [1.54, 1.807) is 6.07 Å². The molecule has 0 saturated heterocycles. The lowest BCUT2D eigenvalue weighted by molar-refractivity contribution is 0.243. The van der Waals surface area contributed by atoms with E-state index in [1.807, 2.05) is 33.8 Å². The maximum Gasteiger partial charge on any atom is 0.320 e. The molecule has 4 nitrogen and oxygen atoms in total. The van der Waals surface area contributed by atoms with Crippen LogP contribution in [0.3, 0.4) is 0 Å². The summed E-state index contributed by atoms with van der Waals surface area (Å²) < 4.78 is 0.737. The average molecular weight is 286 g/mol. The van der Waals surface area contributed by atoms with Crippen molar-refractivity contribution in [1.29, 1.82) is 0 Å². The minimum atomic E-state index is -0.258. The molecule has 0 radical (unpaired) electrons. The van der Waals surface area contributed by atoms with Gasteiger partial charge in [0.15, 0.2) is 0 Å². The van der Waals surface area contributed by atoms with Gasteiger partial charge < -0.3 is 5.32 Å². The van der Waals surface area contributed by atoms with E-state index in [0.717, 1.165) is 10.2 Å². The van der Waals surface area contributed by atoms with Gasteiger partial charge in [0.25, 0.3) is 0 Å². The smallest absolute Gasteiger partial charge is 0.320 e. The minimum absolute atomic E-state index is 0.254. The summed E-state index contributed by atoms with van der Waals surface area (Å²) in [5.41, 5.74) is 0.772. The molecule has 0 atom stereocenters. The van der Waals surface area contributed by atoms with Crippen LogP contribution >= 0.6 is 15.9 Å². The number of hydrogen-bond donors (Lipinski definition) is 2. The highest BCUT2D eigenvalue weighted by Gasteiger charge is 2.13. The standard InChI is InChI=1S/C11H16BrN3O/c1-7-5-6-8(13-9(7)12)14-10(16)15-11(2,3)4/h5-6H,1-4H3,(H2,13,14,15,16). The van der Waals surface area contributed by atoms with E-state index in [4.69, 9.17) is 0 Å². The number of aryl methyl sites for hydroxylation is 1. The van der Waals surface area contributed by atoms with Gasteiger partial charge in [0.1, 0.15) is 10.4 Å². The summed E-state index contributed by atoms with van der Waals surface area (Å²) in [6, 6.07) is 3.40. The molecule has 1 aromatic heterocycles. The summed E-state index contributed by atoms with van der Waals surface area (Å²) in [7, 11) is 0. The number of urea groups is 1. The van der Waals surface area contributed by atoms with E-state index in [2.05, 4.69) is 31.5 Å². The lowest BCUT2D eigenvalue weighted by Gasteiger charge is -2.20. The fraction of sp³-hybridized carbons (Fsp3) is 0.455. The van der Waals surface area contributed by atoms with Gasteiger partial charge in [0.05, 0.1) is 0 Å². The molecule has 1 rings (SSSR count). The Morgan fingerprint density at radius 2 is 2.00 bits per heavy atom. The summed E-state index contributed by atoms with van der Waals surface area (Å²) in [4.78, 5) is 15.7.